The van der Waals surface area contributed by atoms with Gasteiger partial charge in [0.1, 0.15) is 17.7 Å². The van der Waals surface area contributed by atoms with E-state index in [4.69, 9.17) is 0 Å². The Labute approximate surface area is 182 Å². The SMILES string of the molecule is O=C(O)CC1C(=O)N(Cc2cc(F)cc(F)c2)CCN1C(=O)c1cccc2ccccc12. The molecule has 4 rings (SSSR count). The summed E-state index contributed by atoms with van der Waals surface area (Å²) in [7, 11) is 0. The molecule has 164 valence electrons. The molecule has 1 unspecified atom stereocenters. The van der Waals surface area contributed by atoms with Crippen LogP contribution in [0.15, 0.2) is 60.7 Å². The molecule has 1 aliphatic rings. The summed E-state index contributed by atoms with van der Waals surface area (Å²) in [6, 6.07) is 14.3. The van der Waals surface area contributed by atoms with Crippen LogP contribution in [-0.4, -0.2) is 51.8 Å². The molecule has 1 fully saturated rings. The molecule has 0 saturated carbocycles. The van der Waals surface area contributed by atoms with Gasteiger partial charge in [-0.05, 0) is 34.5 Å². The van der Waals surface area contributed by atoms with Crippen molar-refractivity contribution < 1.29 is 28.3 Å². The van der Waals surface area contributed by atoms with Gasteiger partial charge in [0, 0.05) is 31.3 Å². The summed E-state index contributed by atoms with van der Waals surface area (Å²) in [4.78, 5) is 40.6. The molecule has 1 saturated heterocycles. The third-order valence-electron chi connectivity index (χ3n) is 5.53. The van der Waals surface area contributed by atoms with Gasteiger partial charge >= 0.3 is 5.97 Å². The number of carbonyl (C=O) groups is 3. The average molecular weight is 438 g/mol. The molecule has 1 heterocycles. The van der Waals surface area contributed by atoms with Gasteiger partial charge < -0.3 is 14.9 Å². The number of piperazine rings is 1. The molecule has 32 heavy (non-hydrogen) atoms. The number of benzene rings is 3. The highest BCUT2D eigenvalue weighted by Crippen LogP contribution is 2.24. The maximum absolute atomic E-state index is 13.5. The zero-order valence-electron chi connectivity index (χ0n) is 17.0. The molecule has 1 aliphatic heterocycles. The summed E-state index contributed by atoms with van der Waals surface area (Å²) in [5, 5.41) is 10.9. The molecular formula is C24H20F2N2O4. The molecule has 0 aliphatic carbocycles. The quantitative estimate of drug-likeness (QED) is 0.662. The van der Waals surface area contributed by atoms with Gasteiger partial charge in [0.25, 0.3) is 5.91 Å². The van der Waals surface area contributed by atoms with Gasteiger partial charge in [-0.3, -0.25) is 14.4 Å². The number of carbonyl (C=O) groups excluding carboxylic acids is 2. The van der Waals surface area contributed by atoms with Crippen molar-refractivity contribution in [2.24, 2.45) is 0 Å². The molecule has 0 aromatic heterocycles. The van der Waals surface area contributed by atoms with Crippen molar-refractivity contribution in [2.75, 3.05) is 13.1 Å². The van der Waals surface area contributed by atoms with Crippen LogP contribution in [-0.2, 0) is 16.1 Å². The number of hydrogen-bond donors (Lipinski definition) is 1. The van der Waals surface area contributed by atoms with E-state index in [2.05, 4.69) is 0 Å². The van der Waals surface area contributed by atoms with Crippen molar-refractivity contribution in [2.45, 2.75) is 19.0 Å². The van der Waals surface area contributed by atoms with Crippen LogP contribution in [0.4, 0.5) is 8.78 Å². The fourth-order valence-electron chi connectivity index (χ4n) is 4.09. The maximum Gasteiger partial charge on any atom is 0.305 e. The predicted octanol–water partition coefficient (Wildman–Crippen LogP) is 3.45. The monoisotopic (exact) mass is 438 g/mol. The van der Waals surface area contributed by atoms with Crippen LogP contribution in [0.1, 0.15) is 22.3 Å². The van der Waals surface area contributed by atoms with E-state index in [0.717, 1.165) is 23.6 Å². The zero-order valence-corrected chi connectivity index (χ0v) is 17.0. The van der Waals surface area contributed by atoms with E-state index < -0.39 is 41.9 Å². The number of fused-ring (bicyclic) bond motifs is 1. The second-order valence-corrected chi connectivity index (χ2v) is 7.68. The fraction of sp³-hybridized carbons (Fsp3) is 0.208. The standard InChI is InChI=1S/C24H20F2N2O4/c25-17-10-15(11-18(26)12-17)14-27-8-9-28(21(24(27)32)13-22(29)30)23(31)20-7-3-5-16-4-1-2-6-19(16)20/h1-7,10-12,21H,8-9,13-14H2,(H,29,30). The predicted molar refractivity (Wildman–Crippen MR) is 113 cm³/mol. The van der Waals surface area contributed by atoms with E-state index in [9.17, 15) is 28.3 Å². The lowest BCUT2D eigenvalue weighted by atomic mass is 10.0. The molecule has 0 spiro atoms. The van der Waals surface area contributed by atoms with Gasteiger partial charge in [0.15, 0.2) is 0 Å². The highest BCUT2D eigenvalue weighted by atomic mass is 19.1. The Bertz CT molecular complexity index is 1190. The van der Waals surface area contributed by atoms with Crippen LogP contribution < -0.4 is 0 Å². The molecule has 3 aromatic rings. The molecule has 0 radical (unpaired) electrons. The Kier molecular flexibility index (Phi) is 5.85. The van der Waals surface area contributed by atoms with Crippen LogP contribution >= 0.6 is 0 Å². The van der Waals surface area contributed by atoms with E-state index in [1.54, 1.807) is 24.3 Å². The number of carboxylic acid groups (broad SMARTS) is 1. The molecule has 1 N–H and O–H groups in total. The van der Waals surface area contributed by atoms with E-state index in [-0.39, 0.29) is 25.2 Å². The summed E-state index contributed by atoms with van der Waals surface area (Å²) < 4.78 is 27.1. The van der Waals surface area contributed by atoms with E-state index in [1.807, 2.05) is 18.2 Å². The van der Waals surface area contributed by atoms with Crippen molar-refractivity contribution in [3.63, 3.8) is 0 Å². The molecule has 2 amide bonds. The van der Waals surface area contributed by atoms with Crippen LogP contribution in [0.25, 0.3) is 10.8 Å². The Morgan fingerprint density at radius 2 is 1.66 bits per heavy atom. The second kappa shape index (κ2) is 8.74. The Morgan fingerprint density at radius 3 is 2.38 bits per heavy atom. The summed E-state index contributed by atoms with van der Waals surface area (Å²) >= 11 is 0. The lowest BCUT2D eigenvalue weighted by Gasteiger charge is -2.40. The number of hydrogen-bond acceptors (Lipinski definition) is 3. The number of halogens is 2. The third-order valence-corrected chi connectivity index (χ3v) is 5.53. The first-order valence-electron chi connectivity index (χ1n) is 10.1. The number of nitrogens with zero attached hydrogens (tertiary/aromatic N) is 2. The summed E-state index contributed by atoms with van der Waals surface area (Å²) in [6.45, 7) is 0.132. The third kappa shape index (κ3) is 4.30. The van der Waals surface area contributed by atoms with Crippen LogP contribution in [0, 0.1) is 11.6 Å². The molecule has 0 bridgehead atoms. The summed E-state index contributed by atoms with van der Waals surface area (Å²) in [6.07, 6.45) is -0.566. The molecular weight excluding hydrogens is 418 g/mol. The van der Waals surface area contributed by atoms with Crippen molar-refractivity contribution in [3.8, 4) is 0 Å². The van der Waals surface area contributed by atoms with Gasteiger partial charge in [-0.15, -0.1) is 0 Å². The lowest BCUT2D eigenvalue weighted by molar-refractivity contribution is -0.148. The average Bonchev–Trinajstić information content (AvgIpc) is 2.75. The summed E-state index contributed by atoms with van der Waals surface area (Å²) in [5.74, 6) is -3.76. The molecule has 1 atom stereocenters. The fourth-order valence-corrected chi connectivity index (χ4v) is 4.09. The minimum atomic E-state index is -1.22. The lowest BCUT2D eigenvalue weighted by Crippen LogP contribution is -2.59. The van der Waals surface area contributed by atoms with Crippen molar-refractivity contribution >= 4 is 28.6 Å². The zero-order chi connectivity index (χ0) is 22.8. The van der Waals surface area contributed by atoms with E-state index in [1.165, 1.54) is 9.80 Å². The Hall–Kier alpha value is -3.81. The largest absolute Gasteiger partial charge is 0.481 e. The molecule has 6 nitrogen and oxygen atoms in total. The first-order valence-corrected chi connectivity index (χ1v) is 10.1. The van der Waals surface area contributed by atoms with Crippen LogP contribution in [0.5, 0.6) is 0 Å². The van der Waals surface area contributed by atoms with Gasteiger partial charge in [-0.25, -0.2) is 8.78 Å². The van der Waals surface area contributed by atoms with Gasteiger partial charge in [0.05, 0.1) is 6.42 Å². The van der Waals surface area contributed by atoms with Crippen LogP contribution in [0.2, 0.25) is 0 Å². The molecule has 8 heteroatoms. The highest BCUT2D eigenvalue weighted by molar-refractivity contribution is 6.08. The van der Waals surface area contributed by atoms with Crippen molar-refractivity contribution in [3.05, 3.63) is 83.4 Å². The normalized spacial score (nSPS) is 16.4. The van der Waals surface area contributed by atoms with Gasteiger partial charge in [0.2, 0.25) is 5.91 Å². The minimum Gasteiger partial charge on any atom is -0.481 e. The highest BCUT2D eigenvalue weighted by Gasteiger charge is 2.39. The second-order valence-electron chi connectivity index (χ2n) is 7.68. The van der Waals surface area contributed by atoms with Gasteiger partial charge in [-0.2, -0.15) is 0 Å². The van der Waals surface area contributed by atoms with Gasteiger partial charge in [-0.1, -0.05) is 36.4 Å². The minimum absolute atomic E-state index is 0.0834. The first-order chi connectivity index (χ1) is 15.3. The number of carboxylic acids is 1. The number of amides is 2. The summed E-state index contributed by atoms with van der Waals surface area (Å²) in [5.41, 5.74) is 0.630. The molecule has 3 aromatic carbocycles. The van der Waals surface area contributed by atoms with Crippen molar-refractivity contribution in [1.29, 1.82) is 0 Å². The van der Waals surface area contributed by atoms with Crippen molar-refractivity contribution in [1.82, 2.24) is 9.80 Å². The Balaban J connectivity index is 1.63. The van der Waals surface area contributed by atoms with Crippen LogP contribution in [0.3, 0.4) is 0 Å². The van der Waals surface area contributed by atoms with E-state index in [0.29, 0.717) is 10.9 Å². The topological polar surface area (TPSA) is 77.9 Å². The number of rotatable bonds is 5. The van der Waals surface area contributed by atoms with E-state index >= 15 is 0 Å². The Morgan fingerprint density at radius 1 is 0.969 bits per heavy atom. The maximum atomic E-state index is 13.5. The first kappa shape index (κ1) is 21.4. The smallest absolute Gasteiger partial charge is 0.305 e. The number of aliphatic carboxylic acids is 1.